The summed E-state index contributed by atoms with van der Waals surface area (Å²) < 4.78 is 15.9. The molecule has 0 amide bonds. The van der Waals surface area contributed by atoms with Gasteiger partial charge in [-0.25, -0.2) is 4.39 Å². The lowest BCUT2D eigenvalue weighted by Gasteiger charge is -2.19. The summed E-state index contributed by atoms with van der Waals surface area (Å²) in [5, 5.41) is 7.89. The fourth-order valence-corrected chi connectivity index (χ4v) is 2.89. The molecule has 21 heavy (non-hydrogen) atoms. The van der Waals surface area contributed by atoms with E-state index >= 15 is 0 Å². The van der Waals surface area contributed by atoms with Crippen LogP contribution in [0.15, 0.2) is 28.9 Å². The number of benzene rings is 1. The predicted molar refractivity (Wildman–Crippen MR) is 86.8 cm³/mol. The molecule has 1 aromatic carbocycles. The zero-order chi connectivity index (χ0) is 15.4. The highest BCUT2D eigenvalue weighted by Crippen LogP contribution is 2.26. The molecule has 0 bridgehead atoms. The lowest BCUT2D eigenvalue weighted by molar-refractivity contribution is 0.524. The first-order chi connectivity index (χ1) is 10.0. The second kappa shape index (κ2) is 7.18. The van der Waals surface area contributed by atoms with Crippen LogP contribution in [0.5, 0.6) is 0 Å². The van der Waals surface area contributed by atoms with Gasteiger partial charge in [-0.1, -0.05) is 28.9 Å². The van der Waals surface area contributed by atoms with E-state index in [2.05, 4.69) is 40.2 Å². The van der Waals surface area contributed by atoms with Gasteiger partial charge < -0.3 is 5.32 Å². The summed E-state index contributed by atoms with van der Waals surface area (Å²) in [5.74, 6) is -0.221. The van der Waals surface area contributed by atoms with Crippen molar-refractivity contribution in [2.75, 3.05) is 6.54 Å². The molecule has 0 radical (unpaired) electrons. The van der Waals surface area contributed by atoms with Crippen molar-refractivity contribution >= 4 is 15.9 Å². The topological polar surface area (TPSA) is 29.9 Å². The van der Waals surface area contributed by atoms with Gasteiger partial charge in [0, 0.05) is 28.8 Å². The standard InChI is InChI=1S/C16H21BrFN3/c1-4-7-19-16(14-10-20-21(3)11(14)2)8-12-5-6-13(18)9-15(12)17/h5-6,9-10,16,19H,4,7-8H2,1-3H3. The van der Waals surface area contributed by atoms with E-state index in [4.69, 9.17) is 0 Å². The molecule has 0 aliphatic carbocycles. The minimum atomic E-state index is -0.221. The maximum atomic E-state index is 13.2. The zero-order valence-electron chi connectivity index (χ0n) is 12.7. The smallest absolute Gasteiger partial charge is 0.124 e. The first-order valence-electron chi connectivity index (χ1n) is 7.18. The molecular weight excluding hydrogens is 333 g/mol. The normalized spacial score (nSPS) is 12.6. The summed E-state index contributed by atoms with van der Waals surface area (Å²) >= 11 is 3.45. The first-order valence-corrected chi connectivity index (χ1v) is 7.98. The van der Waals surface area contributed by atoms with Gasteiger partial charge in [-0.05, 0) is 44.0 Å². The van der Waals surface area contributed by atoms with Crippen LogP contribution in [-0.4, -0.2) is 16.3 Å². The number of hydrogen-bond donors (Lipinski definition) is 1. The fraction of sp³-hybridized carbons (Fsp3) is 0.438. The maximum absolute atomic E-state index is 13.2. The number of rotatable bonds is 6. The summed E-state index contributed by atoms with van der Waals surface area (Å²) in [5.41, 5.74) is 3.44. The van der Waals surface area contributed by atoms with Crippen molar-refractivity contribution in [3.05, 3.63) is 51.5 Å². The number of aryl methyl sites for hydroxylation is 1. The minimum Gasteiger partial charge on any atom is -0.310 e. The van der Waals surface area contributed by atoms with Crippen LogP contribution < -0.4 is 5.32 Å². The number of hydrogen-bond acceptors (Lipinski definition) is 2. The van der Waals surface area contributed by atoms with Crippen LogP contribution in [0.2, 0.25) is 0 Å². The van der Waals surface area contributed by atoms with E-state index in [1.54, 1.807) is 0 Å². The van der Waals surface area contributed by atoms with E-state index in [0.717, 1.165) is 35.1 Å². The minimum absolute atomic E-state index is 0.181. The molecule has 1 N–H and O–H groups in total. The summed E-state index contributed by atoms with van der Waals surface area (Å²) in [6, 6.07) is 5.04. The van der Waals surface area contributed by atoms with Crippen molar-refractivity contribution in [1.29, 1.82) is 0 Å². The highest BCUT2D eigenvalue weighted by atomic mass is 79.9. The Morgan fingerprint density at radius 3 is 2.76 bits per heavy atom. The molecule has 1 unspecified atom stereocenters. The lowest BCUT2D eigenvalue weighted by atomic mass is 9.99. The molecule has 3 nitrogen and oxygen atoms in total. The average molecular weight is 354 g/mol. The van der Waals surface area contributed by atoms with Crippen LogP contribution in [0.1, 0.15) is 36.2 Å². The van der Waals surface area contributed by atoms with Crippen molar-refractivity contribution in [3.8, 4) is 0 Å². The summed E-state index contributed by atoms with van der Waals surface area (Å²) in [6.07, 6.45) is 3.79. The van der Waals surface area contributed by atoms with Crippen molar-refractivity contribution in [1.82, 2.24) is 15.1 Å². The van der Waals surface area contributed by atoms with E-state index in [1.807, 2.05) is 24.0 Å². The highest BCUT2D eigenvalue weighted by molar-refractivity contribution is 9.10. The molecule has 114 valence electrons. The van der Waals surface area contributed by atoms with Crippen molar-refractivity contribution in [2.24, 2.45) is 7.05 Å². The van der Waals surface area contributed by atoms with Crippen LogP contribution in [0.3, 0.4) is 0 Å². The van der Waals surface area contributed by atoms with Gasteiger partial charge in [0.25, 0.3) is 0 Å². The van der Waals surface area contributed by atoms with Gasteiger partial charge in [-0.15, -0.1) is 0 Å². The van der Waals surface area contributed by atoms with Crippen LogP contribution in [0, 0.1) is 12.7 Å². The van der Waals surface area contributed by atoms with E-state index in [9.17, 15) is 4.39 Å². The van der Waals surface area contributed by atoms with Gasteiger partial charge >= 0.3 is 0 Å². The highest BCUT2D eigenvalue weighted by Gasteiger charge is 2.18. The lowest BCUT2D eigenvalue weighted by Crippen LogP contribution is -2.24. The Hall–Kier alpha value is -1.20. The summed E-state index contributed by atoms with van der Waals surface area (Å²) in [6.45, 7) is 5.16. The monoisotopic (exact) mass is 353 g/mol. The van der Waals surface area contributed by atoms with Crippen molar-refractivity contribution in [2.45, 2.75) is 32.7 Å². The molecule has 0 saturated carbocycles. The molecule has 5 heteroatoms. The van der Waals surface area contributed by atoms with Gasteiger partial charge in [-0.3, -0.25) is 4.68 Å². The summed E-state index contributed by atoms with van der Waals surface area (Å²) in [7, 11) is 1.95. The van der Waals surface area contributed by atoms with Crippen molar-refractivity contribution in [3.63, 3.8) is 0 Å². The van der Waals surface area contributed by atoms with Crippen molar-refractivity contribution < 1.29 is 4.39 Å². The molecule has 0 aliphatic heterocycles. The molecule has 0 spiro atoms. The van der Waals surface area contributed by atoms with Crippen LogP contribution >= 0.6 is 15.9 Å². The van der Waals surface area contributed by atoms with E-state index < -0.39 is 0 Å². The Morgan fingerprint density at radius 1 is 1.43 bits per heavy atom. The second-order valence-electron chi connectivity index (χ2n) is 5.26. The largest absolute Gasteiger partial charge is 0.310 e. The third kappa shape index (κ3) is 3.92. The van der Waals surface area contributed by atoms with Crippen LogP contribution in [0.25, 0.3) is 0 Å². The SMILES string of the molecule is CCCNC(Cc1ccc(F)cc1Br)c1cnn(C)c1C. The Labute approximate surface area is 133 Å². The quantitative estimate of drug-likeness (QED) is 0.852. The molecule has 1 atom stereocenters. The molecule has 1 heterocycles. The number of aromatic nitrogens is 2. The Bertz CT molecular complexity index is 610. The van der Waals surface area contributed by atoms with Gasteiger partial charge in [0.05, 0.1) is 6.20 Å². The van der Waals surface area contributed by atoms with Crippen LogP contribution in [0.4, 0.5) is 4.39 Å². The maximum Gasteiger partial charge on any atom is 0.124 e. The van der Waals surface area contributed by atoms with E-state index in [-0.39, 0.29) is 11.9 Å². The first kappa shape index (κ1) is 16.2. The number of nitrogens with one attached hydrogen (secondary N) is 1. The molecular formula is C16H21BrFN3. The van der Waals surface area contributed by atoms with Gasteiger partial charge in [0.15, 0.2) is 0 Å². The predicted octanol–water partition coefficient (Wildman–Crippen LogP) is 3.91. The Kier molecular flexibility index (Phi) is 5.53. The number of halogens is 2. The molecule has 0 aliphatic rings. The van der Waals surface area contributed by atoms with E-state index in [0.29, 0.717) is 0 Å². The average Bonchev–Trinajstić information content (AvgIpc) is 2.77. The molecule has 2 rings (SSSR count). The molecule has 1 aromatic heterocycles. The second-order valence-corrected chi connectivity index (χ2v) is 6.11. The molecule has 0 fully saturated rings. The zero-order valence-corrected chi connectivity index (χ0v) is 14.2. The van der Waals surface area contributed by atoms with Gasteiger partial charge in [0.1, 0.15) is 5.82 Å². The number of nitrogens with zero attached hydrogens (tertiary/aromatic N) is 2. The van der Waals surface area contributed by atoms with Gasteiger partial charge in [-0.2, -0.15) is 5.10 Å². The third-order valence-corrected chi connectivity index (χ3v) is 4.47. The molecule has 0 saturated heterocycles. The molecule has 2 aromatic rings. The van der Waals surface area contributed by atoms with Crippen LogP contribution in [-0.2, 0) is 13.5 Å². The fourth-order valence-electron chi connectivity index (χ4n) is 2.38. The Balaban J connectivity index is 2.26. The Morgan fingerprint density at radius 2 is 2.19 bits per heavy atom. The van der Waals surface area contributed by atoms with E-state index in [1.165, 1.54) is 17.7 Å². The summed E-state index contributed by atoms with van der Waals surface area (Å²) in [4.78, 5) is 0. The third-order valence-electron chi connectivity index (χ3n) is 3.73. The van der Waals surface area contributed by atoms with Gasteiger partial charge in [0.2, 0.25) is 0 Å².